The Morgan fingerprint density at radius 1 is 0.672 bits per heavy atom. The molecule has 0 bridgehead atoms. The Hall–Kier alpha value is -6.45. The highest BCUT2D eigenvalue weighted by atomic mass is 16.5. The van der Waals surface area contributed by atoms with Crippen LogP contribution in [0.5, 0.6) is 0 Å². The number of nitrogens with one attached hydrogen (secondary N) is 4. The minimum absolute atomic E-state index is 0.141. The van der Waals surface area contributed by atoms with Gasteiger partial charge in [-0.15, -0.1) is 0 Å². The van der Waals surface area contributed by atoms with Crippen LogP contribution < -0.4 is 10.6 Å². The molecule has 16 heteroatoms. The van der Waals surface area contributed by atoms with Crippen molar-refractivity contribution in [3.05, 3.63) is 71.8 Å². The van der Waals surface area contributed by atoms with Crippen LogP contribution in [0.15, 0.2) is 54.6 Å². The van der Waals surface area contributed by atoms with Gasteiger partial charge in [0.1, 0.15) is 23.7 Å². The summed E-state index contributed by atoms with van der Waals surface area (Å²) in [6, 6.07) is 15.6. The number of amides is 5. The molecule has 3 aromatic carbocycles. The van der Waals surface area contributed by atoms with E-state index in [9.17, 15) is 24.0 Å². The largest absolute Gasteiger partial charge is 0.453 e. The Morgan fingerprint density at radius 2 is 1.11 bits per heavy atom. The molecule has 2 aliphatic rings. The average molecular weight is 834 g/mol. The Balaban J connectivity index is 1.16. The fourth-order valence-corrected chi connectivity index (χ4v) is 8.50. The molecule has 61 heavy (non-hydrogen) atoms. The molecule has 322 valence electrons. The van der Waals surface area contributed by atoms with E-state index in [4.69, 9.17) is 19.4 Å². The Bertz CT molecular complexity index is 2470. The molecule has 4 atom stereocenters. The van der Waals surface area contributed by atoms with Crippen molar-refractivity contribution in [1.82, 2.24) is 45.3 Å². The van der Waals surface area contributed by atoms with E-state index in [2.05, 4.69) is 20.6 Å². The predicted octanol–water partition coefficient (Wildman–Crippen LogP) is 6.56. The number of imidazole rings is 2. The molecule has 16 nitrogen and oxygen atoms in total. The van der Waals surface area contributed by atoms with Crippen LogP contribution >= 0.6 is 0 Å². The first kappa shape index (κ1) is 42.7. The maximum Gasteiger partial charge on any atom is 0.407 e. The summed E-state index contributed by atoms with van der Waals surface area (Å²) in [5, 5.41) is 5.39. The van der Waals surface area contributed by atoms with Crippen LogP contribution in [0.25, 0.3) is 44.3 Å². The number of hydrogen-bond acceptors (Lipinski definition) is 9. The summed E-state index contributed by atoms with van der Waals surface area (Å²) in [5.41, 5.74) is 6.89. The highest BCUT2D eigenvalue weighted by molar-refractivity contribution is 6.03. The topological polar surface area (TPSA) is 195 Å². The number of hydrogen-bond donors (Lipinski definition) is 4. The Morgan fingerprint density at radius 3 is 1.57 bits per heavy atom. The zero-order chi connectivity index (χ0) is 43.7. The van der Waals surface area contributed by atoms with Gasteiger partial charge < -0.3 is 44.8 Å². The van der Waals surface area contributed by atoms with Crippen LogP contribution in [0.4, 0.5) is 9.59 Å². The normalized spacial score (nSPS) is 17.5. The van der Waals surface area contributed by atoms with Crippen molar-refractivity contribution in [1.29, 1.82) is 0 Å². The van der Waals surface area contributed by atoms with Crippen LogP contribution in [0.2, 0.25) is 0 Å². The van der Waals surface area contributed by atoms with Gasteiger partial charge >= 0.3 is 12.2 Å². The first-order chi connectivity index (χ1) is 29.2. The first-order valence-electron chi connectivity index (χ1n) is 20.8. The Labute approximate surface area is 354 Å². The maximum absolute atomic E-state index is 13.8. The van der Waals surface area contributed by atoms with Gasteiger partial charge in [-0.1, -0.05) is 52.0 Å². The van der Waals surface area contributed by atoms with Crippen LogP contribution in [0.3, 0.4) is 0 Å². The van der Waals surface area contributed by atoms with Crippen molar-refractivity contribution in [2.75, 3.05) is 41.4 Å². The fraction of sp³-hybridized carbons (Fsp3) is 0.444. The lowest BCUT2D eigenvalue weighted by Crippen LogP contribution is -2.51. The molecule has 0 unspecified atom stereocenters. The second kappa shape index (κ2) is 17.6. The lowest BCUT2D eigenvalue weighted by atomic mass is 9.94. The fourth-order valence-electron chi connectivity index (χ4n) is 8.50. The average Bonchev–Trinajstić information content (AvgIpc) is 4.08. The molecule has 2 aromatic heterocycles. The number of carbonyl (C=O) groups excluding carboxylic acids is 5. The van der Waals surface area contributed by atoms with E-state index in [1.54, 1.807) is 28.8 Å². The van der Waals surface area contributed by atoms with E-state index in [0.717, 1.165) is 70.0 Å². The van der Waals surface area contributed by atoms with E-state index in [-0.39, 0.29) is 41.6 Å². The number of alkyl carbamates (subject to hydrolysis) is 2. The highest BCUT2D eigenvalue weighted by Crippen LogP contribution is 2.37. The third-order valence-electron chi connectivity index (χ3n) is 11.8. The van der Waals surface area contributed by atoms with Crippen LogP contribution in [0.1, 0.15) is 87.5 Å². The van der Waals surface area contributed by atoms with Crippen molar-refractivity contribution >= 4 is 52.0 Å². The van der Waals surface area contributed by atoms with E-state index in [0.29, 0.717) is 30.3 Å². The summed E-state index contributed by atoms with van der Waals surface area (Å²) in [7, 11) is 6.01. The van der Waals surface area contributed by atoms with Gasteiger partial charge in [0.05, 0.1) is 48.4 Å². The lowest BCUT2D eigenvalue weighted by molar-refractivity contribution is -0.136. The number of methoxy groups -OCH3 is 2. The smallest absolute Gasteiger partial charge is 0.407 e. The van der Waals surface area contributed by atoms with Crippen molar-refractivity contribution in [3.8, 4) is 22.3 Å². The molecular formula is C45H55N9O7. The molecule has 7 rings (SSSR count). The molecule has 0 saturated carbocycles. The molecule has 0 aliphatic carbocycles. The SMILES string of the molecule is COC(=O)N[C@H](C(=O)N1CCC[C@H]1c1nc2ccc(-c3ccc(-c4ccc5nc([C@@H]6CCCN6C(=O)[C@@H](NC(=O)OC)C(C)C)[nH]c5c4)c(C(=O)N(C)C)c3)cc2[nH]1)C(C)C. The van der Waals surface area contributed by atoms with Gasteiger partial charge in [0, 0.05) is 32.7 Å². The number of rotatable bonds is 11. The van der Waals surface area contributed by atoms with Gasteiger partial charge in [-0.25, -0.2) is 19.6 Å². The monoisotopic (exact) mass is 833 g/mol. The van der Waals surface area contributed by atoms with E-state index < -0.39 is 24.3 Å². The van der Waals surface area contributed by atoms with E-state index in [1.807, 2.05) is 82.3 Å². The van der Waals surface area contributed by atoms with Crippen LogP contribution in [-0.4, -0.2) is 118 Å². The third kappa shape index (κ3) is 8.61. The van der Waals surface area contributed by atoms with E-state index >= 15 is 0 Å². The predicted molar refractivity (Wildman–Crippen MR) is 230 cm³/mol. The number of H-pyrrole nitrogens is 2. The lowest BCUT2D eigenvalue weighted by Gasteiger charge is -2.29. The van der Waals surface area contributed by atoms with Crippen LogP contribution in [-0.2, 0) is 19.1 Å². The molecule has 2 fully saturated rings. The first-order valence-corrected chi connectivity index (χ1v) is 20.8. The number of aromatic nitrogens is 4. The molecule has 0 radical (unpaired) electrons. The minimum atomic E-state index is -0.736. The quantitative estimate of drug-likeness (QED) is 0.114. The summed E-state index contributed by atoms with van der Waals surface area (Å²) >= 11 is 0. The molecule has 2 aliphatic heterocycles. The molecule has 5 aromatic rings. The molecule has 4 heterocycles. The second-order valence-electron chi connectivity index (χ2n) is 16.8. The molecule has 2 saturated heterocycles. The molecule has 0 spiro atoms. The van der Waals surface area contributed by atoms with Crippen molar-refractivity contribution in [2.45, 2.75) is 77.5 Å². The molecular weight excluding hydrogens is 779 g/mol. The maximum atomic E-state index is 13.8. The summed E-state index contributed by atoms with van der Waals surface area (Å²) in [5.74, 6) is 0.551. The number of nitrogens with zero attached hydrogens (tertiary/aromatic N) is 5. The van der Waals surface area contributed by atoms with Gasteiger partial charge in [0.2, 0.25) is 11.8 Å². The number of ether oxygens (including phenoxy) is 2. The number of likely N-dealkylation sites (tertiary alicyclic amines) is 2. The minimum Gasteiger partial charge on any atom is -0.453 e. The number of benzene rings is 3. The summed E-state index contributed by atoms with van der Waals surface area (Å²) in [6.45, 7) is 8.65. The second-order valence-corrected chi connectivity index (χ2v) is 16.8. The summed E-state index contributed by atoms with van der Waals surface area (Å²) < 4.78 is 9.56. The van der Waals surface area contributed by atoms with Gasteiger partial charge in [-0.05, 0) is 90.1 Å². The zero-order valence-corrected chi connectivity index (χ0v) is 36.0. The highest BCUT2D eigenvalue weighted by Gasteiger charge is 2.39. The number of carbonyl (C=O) groups is 5. The zero-order valence-electron chi connectivity index (χ0n) is 36.0. The van der Waals surface area contributed by atoms with Gasteiger partial charge in [0.25, 0.3) is 5.91 Å². The number of fused-ring (bicyclic) bond motifs is 2. The number of aromatic amines is 2. The van der Waals surface area contributed by atoms with Crippen molar-refractivity contribution in [2.24, 2.45) is 11.8 Å². The standard InChI is InChI=1S/C45H55N9O7/c1-24(2)37(50-44(58)60-7)42(56)53-19-9-11-35(53)39-46-31-17-14-27(22-33(31)48-39)26-13-16-29(30(21-26)41(55)52(5)6)28-15-18-32-34(23-28)49-40(47-32)36-12-10-20-54(36)43(57)38(25(3)4)51-45(59)61-8/h13-18,21-25,35-38H,9-12,19-20H2,1-8H3,(H,46,48)(H,47,49)(H,50,58)(H,51,59)/t35-,36-,37-,38-/m0/s1. The van der Waals surface area contributed by atoms with Gasteiger partial charge in [0.15, 0.2) is 0 Å². The third-order valence-corrected chi connectivity index (χ3v) is 11.8. The summed E-state index contributed by atoms with van der Waals surface area (Å²) in [4.78, 5) is 87.2. The van der Waals surface area contributed by atoms with Crippen molar-refractivity contribution < 1.29 is 33.4 Å². The molecule has 5 amide bonds. The summed E-state index contributed by atoms with van der Waals surface area (Å²) in [6.07, 6.45) is 1.77. The van der Waals surface area contributed by atoms with Crippen LogP contribution in [0, 0.1) is 11.8 Å². The van der Waals surface area contributed by atoms with E-state index in [1.165, 1.54) is 14.2 Å². The Kier molecular flexibility index (Phi) is 12.3. The van der Waals surface area contributed by atoms with Crippen molar-refractivity contribution in [3.63, 3.8) is 0 Å². The van der Waals surface area contributed by atoms with Gasteiger partial charge in [-0.3, -0.25) is 14.4 Å². The molecule has 4 N–H and O–H groups in total. The van der Waals surface area contributed by atoms with Gasteiger partial charge in [-0.2, -0.15) is 0 Å².